The molecule has 55 heteroatoms. The average molecular weight is 2020 g/mol. The number of nitrogens with zero attached hydrogens (tertiary/aromatic N) is 2. The molecule has 1 aliphatic rings. The van der Waals surface area contributed by atoms with Gasteiger partial charge in [-0.25, -0.2) is 9.78 Å². The van der Waals surface area contributed by atoms with Crippen LogP contribution in [0.5, 0.6) is 0 Å². The second kappa shape index (κ2) is 60.5. The van der Waals surface area contributed by atoms with Crippen LogP contribution >= 0.6 is 25.3 Å². The lowest BCUT2D eigenvalue weighted by molar-refractivity contribution is -0.144. The number of guanidine groups is 1. The first-order valence-corrected chi connectivity index (χ1v) is 46.5. The maximum absolute atomic E-state index is 14.7. The molecule has 34 N–H and O–H groups in total. The summed E-state index contributed by atoms with van der Waals surface area (Å²) in [6.45, 7) is 7.73. The number of H-pyrrole nitrogens is 2. The van der Waals surface area contributed by atoms with Crippen molar-refractivity contribution in [3.63, 3.8) is 0 Å². The van der Waals surface area contributed by atoms with E-state index in [0.717, 1.165) is 6.92 Å². The second-order valence-corrected chi connectivity index (χ2v) is 35.4. The minimum Gasteiger partial charge on any atom is -0.481 e. The van der Waals surface area contributed by atoms with Crippen LogP contribution in [0.4, 0.5) is 0 Å². The number of aromatic amines is 2. The number of nitrogens with one attached hydrogen (secondary N) is 20. The Morgan fingerprint density at radius 1 is 0.493 bits per heavy atom. The molecule has 0 radical (unpaired) electrons. The van der Waals surface area contributed by atoms with Gasteiger partial charge in [-0.15, -0.1) is 0 Å². The molecule has 0 unspecified atom stereocenters. The van der Waals surface area contributed by atoms with Crippen LogP contribution in [0.25, 0.3) is 10.9 Å². The highest BCUT2D eigenvalue weighted by atomic mass is 32.1. The summed E-state index contributed by atoms with van der Waals surface area (Å²) in [5.41, 5.74) is 23.3. The molecule has 3 aromatic rings. The van der Waals surface area contributed by atoms with E-state index in [1.54, 1.807) is 65.8 Å². The maximum atomic E-state index is 14.7. The quantitative estimate of drug-likeness (QED) is 0.0108. The smallest absolute Gasteiger partial charge is 0.326 e. The van der Waals surface area contributed by atoms with Crippen LogP contribution in [-0.4, -0.2) is 341 Å². The van der Waals surface area contributed by atoms with Crippen molar-refractivity contribution in [2.24, 2.45) is 40.7 Å². The summed E-state index contributed by atoms with van der Waals surface area (Å²) in [4.78, 5) is 297. The van der Waals surface area contributed by atoms with Crippen molar-refractivity contribution < 1.29 is 131 Å². The number of aliphatic carboxylic acids is 3. The average Bonchev–Trinajstić information content (AvgIpc) is 1.66. The molecule has 1 fully saturated rings. The molecule has 53 nitrogen and oxygen atoms in total. The summed E-state index contributed by atoms with van der Waals surface area (Å²) in [5.74, 6) is -26.5. The van der Waals surface area contributed by atoms with Gasteiger partial charge in [-0.05, 0) is 113 Å². The van der Waals surface area contributed by atoms with Gasteiger partial charge < -0.3 is 159 Å². The molecule has 4 rings (SSSR count). The number of rotatable bonds is 64. The fourth-order valence-electron chi connectivity index (χ4n) is 14.4. The van der Waals surface area contributed by atoms with Gasteiger partial charge in [0, 0.05) is 72.8 Å². The zero-order valence-corrected chi connectivity index (χ0v) is 80.4. The number of hydrogen-bond acceptors (Lipinski definition) is 30. The Hall–Kier alpha value is -13.4. The second-order valence-electron chi connectivity index (χ2n) is 34.6. The van der Waals surface area contributed by atoms with Crippen LogP contribution in [0.2, 0.25) is 0 Å². The number of aliphatic hydroxyl groups is 3. The van der Waals surface area contributed by atoms with E-state index in [1.807, 2.05) is 10.6 Å². The van der Waals surface area contributed by atoms with Crippen molar-refractivity contribution in [1.82, 2.24) is 110 Å². The van der Waals surface area contributed by atoms with E-state index >= 15 is 0 Å². The van der Waals surface area contributed by atoms with Crippen molar-refractivity contribution in [1.29, 1.82) is 5.41 Å². The number of aromatic nitrogens is 3. The van der Waals surface area contributed by atoms with Crippen LogP contribution in [0, 0.1) is 23.2 Å². The zero-order chi connectivity index (χ0) is 105. The number of para-hydroxylation sites is 1. The number of benzene rings is 1. The molecule has 0 saturated carbocycles. The van der Waals surface area contributed by atoms with Crippen molar-refractivity contribution in [3.05, 3.63) is 54.2 Å². The summed E-state index contributed by atoms with van der Waals surface area (Å²) in [6, 6.07) is -19.9. The Morgan fingerprint density at radius 3 is 1.44 bits per heavy atom. The number of imidazole rings is 1. The highest BCUT2D eigenvalue weighted by Gasteiger charge is 2.42. The number of fused-ring (bicyclic) bond motifs is 1. The number of aliphatic hydroxyl groups excluding tert-OH is 3. The van der Waals surface area contributed by atoms with Crippen molar-refractivity contribution >= 4 is 166 Å². The van der Waals surface area contributed by atoms with Gasteiger partial charge in [0.15, 0.2) is 5.96 Å². The molecule has 1 aromatic carbocycles. The van der Waals surface area contributed by atoms with E-state index in [0.29, 0.717) is 29.3 Å². The molecule has 17 atom stereocenters. The summed E-state index contributed by atoms with van der Waals surface area (Å²) >= 11 is 8.45. The third-order valence-corrected chi connectivity index (χ3v) is 22.4. The Morgan fingerprint density at radius 2 is 0.943 bits per heavy atom. The lowest BCUT2D eigenvalue weighted by Gasteiger charge is -2.29. The first kappa shape index (κ1) is 119. The molecular formula is C85H134N26O27S2. The number of likely N-dealkylation sites (tertiary alicyclic amines) is 1. The summed E-state index contributed by atoms with van der Waals surface area (Å²) in [5, 5.41) is 110. The maximum Gasteiger partial charge on any atom is 0.326 e. The standard InChI is InChI=1S/C85H134N26O27S2/c1-40(2)24-51(100-76(129)56(29-66(118)119)106-74(127)54(27-44-31-93-48-16-9-8-14-46(44)48)103-79(132)58(35-112)97-64(116)33-94-70(123)60(37-139)109-82(135)62-18-13-23-111(62)65(117)34-95-69(122)47(87)15-12-22-92-85(89)90)72(125)101-53(26-42(5)6)78(131)110-68(43(7)114)83(136)98-49(17-10-11-21-86)71(124)104-55(28-45-32-91-39-96-45)75(128)108-61(38-140)81(134)102-52(25-41(3)4)73(126)105-57(30-67(120)121)77(130)107-59(36-113)80(133)99-50(84(137)138)19-20-63(88)115/h8-9,14,16,31-32,39-43,47,49-62,68,93,112-114,139-140H,10-13,15,17-30,33-38,86-87H2,1-7H3,(H2,88,115)(H,91,96)(H,94,123)(H,95,122)(H,97,116)(H,98,136)(H,99,133)(H,100,129)(H,101,125)(H,102,134)(H,103,132)(H,104,124)(H,105,126)(H,106,127)(H,107,130)(H,108,128)(H,109,135)(H,110,131)(H,118,119)(H,120,121)(H,137,138)(H4,89,90,92)/t43-,47+,49+,50+,51+,52+,53+,54+,55+,56+,57+,58+,59+,60+,61+,62+,68+/m1/s1. The number of carbonyl (C=O) groups excluding carboxylic acids is 18. The molecular weight excluding hydrogens is 1880 g/mol. The summed E-state index contributed by atoms with van der Waals surface area (Å²) in [6.07, 6.45) is -1.16. The van der Waals surface area contributed by atoms with E-state index < -0.39 is 309 Å². The number of carboxylic acid groups (broad SMARTS) is 3. The number of carbonyl (C=O) groups is 21. The number of thiol groups is 2. The van der Waals surface area contributed by atoms with E-state index in [1.165, 1.54) is 23.6 Å². The van der Waals surface area contributed by atoms with Gasteiger partial charge in [-0.2, -0.15) is 25.3 Å². The van der Waals surface area contributed by atoms with Crippen molar-refractivity contribution in [3.8, 4) is 0 Å². The molecule has 3 heterocycles. The minimum atomic E-state index is -2.06. The number of hydrogen-bond donors (Lipinski definition) is 32. The normalized spacial score (nSPS) is 15.8. The topological polar surface area (TPSA) is 860 Å². The number of unbranched alkanes of at least 4 members (excludes halogenated alkanes) is 1. The van der Waals surface area contributed by atoms with Crippen molar-refractivity contribution in [2.45, 2.75) is 254 Å². The van der Waals surface area contributed by atoms with Gasteiger partial charge in [-0.1, -0.05) is 59.7 Å². The Labute approximate surface area is 815 Å². The molecule has 778 valence electrons. The number of amides is 18. The number of primary amides is 1. The highest BCUT2D eigenvalue weighted by molar-refractivity contribution is 7.80. The van der Waals surface area contributed by atoms with Crippen LogP contribution in [0.3, 0.4) is 0 Å². The lowest BCUT2D eigenvalue weighted by atomic mass is 9.99. The van der Waals surface area contributed by atoms with Gasteiger partial charge >= 0.3 is 17.9 Å². The monoisotopic (exact) mass is 2010 g/mol. The van der Waals surface area contributed by atoms with Gasteiger partial charge in [0.1, 0.15) is 90.6 Å². The van der Waals surface area contributed by atoms with Gasteiger partial charge in [0.05, 0.1) is 57.6 Å². The molecule has 0 bridgehead atoms. The van der Waals surface area contributed by atoms with Crippen LogP contribution in [0.1, 0.15) is 150 Å². The minimum absolute atomic E-state index is 0.0855. The Bertz CT molecular complexity index is 4780. The van der Waals surface area contributed by atoms with E-state index in [4.69, 9.17) is 28.3 Å². The lowest BCUT2D eigenvalue weighted by Crippen LogP contribution is -2.62. The van der Waals surface area contributed by atoms with Crippen LogP contribution < -0.4 is 113 Å². The van der Waals surface area contributed by atoms with E-state index in [9.17, 15) is 131 Å². The van der Waals surface area contributed by atoms with Crippen molar-refractivity contribution in [2.75, 3.05) is 57.4 Å². The third kappa shape index (κ3) is 41.3. The van der Waals surface area contributed by atoms with E-state index in [2.05, 4.69) is 120 Å². The van der Waals surface area contributed by atoms with Crippen LogP contribution in [0.15, 0.2) is 43.0 Å². The van der Waals surface area contributed by atoms with Crippen LogP contribution in [-0.2, 0) is 114 Å². The molecule has 2 aromatic heterocycles. The van der Waals surface area contributed by atoms with Gasteiger partial charge in [-0.3, -0.25) is 101 Å². The fraction of sp³-hybridized carbons (Fsp3) is 0.612. The summed E-state index contributed by atoms with van der Waals surface area (Å²) < 4.78 is 0. The predicted molar refractivity (Wildman–Crippen MR) is 505 cm³/mol. The molecule has 0 aliphatic carbocycles. The highest BCUT2D eigenvalue weighted by Crippen LogP contribution is 2.22. The Balaban J connectivity index is 1.53. The number of carboxylic acids is 3. The summed E-state index contributed by atoms with van der Waals surface area (Å²) in [7, 11) is 0. The predicted octanol–water partition coefficient (Wildman–Crippen LogP) is -9.93. The molecule has 18 amide bonds. The molecule has 1 aliphatic heterocycles. The third-order valence-electron chi connectivity index (χ3n) is 21.7. The van der Waals surface area contributed by atoms with Gasteiger partial charge in [0.25, 0.3) is 0 Å². The fourth-order valence-corrected chi connectivity index (χ4v) is 14.9. The SMILES string of the molecule is CC(C)C[C@H](NC(=O)[C@H](CS)NC(=O)[C@H](Cc1cnc[nH]1)NC(=O)[C@H](CCCCN)NC(=O)[C@@H](NC(=O)[C@H](CC(C)C)NC(=O)[C@H](CC(C)C)NC(=O)[C@H](CC(=O)O)NC(=O)[C@H](Cc1c[nH]c2ccccc12)NC(=O)[C@H](CO)NC(=O)CNC(=O)[C@H](CS)NC(=O)[C@@H]1CCCN1C(=O)CNC(=O)[C@@H](N)CCCNC(=N)N)[C@@H](C)O)C(=O)N[C@@H](CC(=O)O)C(=O)N[C@@H](CO)C(=O)N[C@@H](CCC(N)=O)C(=O)O. The first-order chi connectivity index (χ1) is 66.0. The van der Waals surface area contributed by atoms with E-state index in [-0.39, 0.29) is 94.8 Å². The molecule has 1 saturated heterocycles. The molecule has 0 spiro atoms. The Kier molecular flexibility index (Phi) is 51.4. The van der Waals surface area contributed by atoms with Gasteiger partial charge in [0.2, 0.25) is 106 Å². The zero-order valence-electron chi connectivity index (χ0n) is 78.6. The first-order valence-electron chi connectivity index (χ1n) is 45.3. The molecule has 140 heavy (non-hydrogen) atoms. The largest absolute Gasteiger partial charge is 0.481 e. The number of nitrogens with two attached hydrogens (primary N) is 4.